The average molecular weight is 328 g/mol. The van der Waals surface area contributed by atoms with Gasteiger partial charge in [0, 0.05) is 5.69 Å². The lowest BCUT2D eigenvalue weighted by atomic mass is 10.2. The summed E-state index contributed by atoms with van der Waals surface area (Å²) >= 11 is 0. The maximum absolute atomic E-state index is 12.2. The largest absolute Gasteiger partial charge is 0.465 e. The van der Waals surface area contributed by atoms with Crippen molar-refractivity contribution in [1.29, 1.82) is 0 Å². The van der Waals surface area contributed by atoms with Crippen LogP contribution in [0.25, 0.3) is 0 Å². The SMILES string of the molecule is CCOC(=O)c1cccc(C(=O)Nc2ccc(C(=O)OC)cc2)n1. The molecule has 7 nitrogen and oxygen atoms in total. The summed E-state index contributed by atoms with van der Waals surface area (Å²) in [4.78, 5) is 39.2. The average Bonchev–Trinajstić information content (AvgIpc) is 2.62. The van der Waals surface area contributed by atoms with Gasteiger partial charge in [-0.15, -0.1) is 0 Å². The fraction of sp³-hybridized carbons (Fsp3) is 0.176. The van der Waals surface area contributed by atoms with Crippen LogP contribution in [0.2, 0.25) is 0 Å². The Bertz CT molecular complexity index is 756. The molecule has 1 aromatic carbocycles. The summed E-state index contributed by atoms with van der Waals surface area (Å²) in [5.74, 6) is -1.53. The van der Waals surface area contributed by atoms with Crippen molar-refractivity contribution in [1.82, 2.24) is 4.98 Å². The maximum atomic E-state index is 12.2. The van der Waals surface area contributed by atoms with Crippen LogP contribution in [0.5, 0.6) is 0 Å². The zero-order valence-corrected chi connectivity index (χ0v) is 13.2. The smallest absolute Gasteiger partial charge is 0.356 e. The van der Waals surface area contributed by atoms with Gasteiger partial charge in [0.25, 0.3) is 5.91 Å². The summed E-state index contributed by atoms with van der Waals surface area (Å²) in [7, 11) is 1.29. The number of amides is 1. The van der Waals surface area contributed by atoms with Gasteiger partial charge in [0.05, 0.1) is 19.3 Å². The number of hydrogen-bond donors (Lipinski definition) is 1. The fourth-order valence-electron chi connectivity index (χ4n) is 1.88. The third-order valence-corrected chi connectivity index (χ3v) is 3.03. The predicted molar refractivity (Wildman–Crippen MR) is 85.9 cm³/mol. The summed E-state index contributed by atoms with van der Waals surface area (Å²) in [6, 6.07) is 10.7. The number of anilines is 1. The van der Waals surface area contributed by atoms with E-state index in [9.17, 15) is 14.4 Å². The van der Waals surface area contributed by atoms with Crippen LogP contribution >= 0.6 is 0 Å². The van der Waals surface area contributed by atoms with Gasteiger partial charge in [-0.1, -0.05) is 6.07 Å². The molecule has 1 heterocycles. The third kappa shape index (κ3) is 4.16. The van der Waals surface area contributed by atoms with Gasteiger partial charge in [-0.3, -0.25) is 4.79 Å². The first-order chi connectivity index (χ1) is 11.5. The highest BCUT2D eigenvalue weighted by molar-refractivity contribution is 6.03. The van der Waals surface area contributed by atoms with Gasteiger partial charge in [0.2, 0.25) is 0 Å². The van der Waals surface area contributed by atoms with E-state index in [0.717, 1.165) is 0 Å². The molecule has 0 atom stereocenters. The Morgan fingerprint density at radius 1 is 1.00 bits per heavy atom. The van der Waals surface area contributed by atoms with Crippen molar-refractivity contribution in [3.05, 3.63) is 59.4 Å². The molecule has 2 aromatic rings. The molecule has 0 saturated heterocycles. The molecule has 0 saturated carbocycles. The second-order valence-electron chi connectivity index (χ2n) is 4.65. The molecule has 0 radical (unpaired) electrons. The Morgan fingerprint density at radius 3 is 2.29 bits per heavy atom. The van der Waals surface area contributed by atoms with Crippen LogP contribution < -0.4 is 5.32 Å². The van der Waals surface area contributed by atoms with Crippen LogP contribution in [0.15, 0.2) is 42.5 Å². The second kappa shape index (κ2) is 7.87. The van der Waals surface area contributed by atoms with Gasteiger partial charge in [-0.25, -0.2) is 14.6 Å². The zero-order chi connectivity index (χ0) is 17.5. The number of esters is 2. The van der Waals surface area contributed by atoms with E-state index in [1.807, 2.05) is 0 Å². The van der Waals surface area contributed by atoms with E-state index in [2.05, 4.69) is 15.0 Å². The number of nitrogens with zero attached hydrogens (tertiary/aromatic N) is 1. The lowest BCUT2D eigenvalue weighted by molar-refractivity contribution is 0.0518. The zero-order valence-electron chi connectivity index (χ0n) is 13.2. The van der Waals surface area contributed by atoms with Crippen molar-refractivity contribution in [3.8, 4) is 0 Å². The molecule has 0 aliphatic heterocycles. The first-order valence-electron chi connectivity index (χ1n) is 7.19. The Kier molecular flexibility index (Phi) is 5.62. The molecule has 124 valence electrons. The predicted octanol–water partition coefficient (Wildman–Crippen LogP) is 2.30. The Labute approximate surface area is 138 Å². The van der Waals surface area contributed by atoms with Crippen LogP contribution in [-0.2, 0) is 9.47 Å². The minimum Gasteiger partial charge on any atom is -0.465 e. The van der Waals surface area contributed by atoms with Crippen molar-refractivity contribution in [2.75, 3.05) is 19.0 Å². The summed E-state index contributed by atoms with van der Waals surface area (Å²) in [6.45, 7) is 1.91. The Hall–Kier alpha value is -3.22. The molecule has 0 aliphatic rings. The minimum absolute atomic E-state index is 0.0607. The van der Waals surface area contributed by atoms with E-state index in [-0.39, 0.29) is 18.0 Å². The lowest BCUT2D eigenvalue weighted by Crippen LogP contribution is -2.16. The molecule has 2 rings (SSSR count). The molecular weight excluding hydrogens is 312 g/mol. The van der Waals surface area contributed by atoms with E-state index >= 15 is 0 Å². The number of methoxy groups -OCH3 is 1. The van der Waals surface area contributed by atoms with Crippen molar-refractivity contribution >= 4 is 23.5 Å². The van der Waals surface area contributed by atoms with Crippen molar-refractivity contribution in [3.63, 3.8) is 0 Å². The second-order valence-corrected chi connectivity index (χ2v) is 4.65. The molecular formula is C17H16N2O5. The van der Waals surface area contributed by atoms with Crippen molar-refractivity contribution in [2.45, 2.75) is 6.92 Å². The molecule has 0 fully saturated rings. The Morgan fingerprint density at radius 2 is 1.67 bits per heavy atom. The maximum Gasteiger partial charge on any atom is 0.356 e. The standard InChI is InChI=1S/C17H16N2O5/c1-3-24-17(22)14-6-4-5-13(19-14)15(20)18-12-9-7-11(8-10-12)16(21)23-2/h4-10H,3H2,1-2H3,(H,18,20). The third-order valence-electron chi connectivity index (χ3n) is 3.03. The van der Waals surface area contributed by atoms with Crippen molar-refractivity contribution < 1.29 is 23.9 Å². The summed E-state index contributed by atoms with van der Waals surface area (Å²) < 4.78 is 9.45. The number of nitrogens with one attached hydrogen (secondary N) is 1. The van der Waals surface area contributed by atoms with Crippen LogP contribution in [0.3, 0.4) is 0 Å². The highest BCUT2D eigenvalue weighted by Gasteiger charge is 2.13. The quantitative estimate of drug-likeness (QED) is 0.846. The topological polar surface area (TPSA) is 94.6 Å². The number of carbonyl (C=O) groups is 3. The summed E-state index contributed by atoms with van der Waals surface area (Å²) in [5, 5.41) is 2.63. The molecule has 1 N–H and O–H groups in total. The number of carbonyl (C=O) groups excluding carboxylic acids is 3. The Balaban J connectivity index is 2.11. The van der Waals surface area contributed by atoms with Gasteiger partial charge < -0.3 is 14.8 Å². The number of rotatable bonds is 5. The lowest BCUT2D eigenvalue weighted by Gasteiger charge is -2.07. The number of hydrogen-bond acceptors (Lipinski definition) is 6. The monoisotopic (exact) mass is 328 g/mol. The van der Waals surface area contributed by atoms with E-state index in [1.54, 1.807) is 25.1 Å². The van der Waals surface area contributed by atoms with E-state index in [1.165, 1.54) is 31.4 Å². The van der Waals surface area contributed by atoms with Crippen molar-refractivity contribution in [2.24, 2.45) is 0 Å². The van der Waals surface area contributed by atoms with Crippen LogP contribution in [0.4, 0.5) is 5.69 Å². The van der Waals surface area contributed by atoms with Gasteiger partial charge >= 0.3 is 11.9 Å². The first kappa shape index (κ1) is 17.1. The number of aromatic nitrogens is 1. The van der Waals surface area contributed by atoms with E-state index in [0.29, 0.717) is 11.3 Å². The van der Waals surface area contributed by atoms with Gasteiger partial charge in [-0.05, 0) is 43.3 Å². The molecule has 0 bridgehead atoms. The molecule has 7 heteroatoms. The molecule has 1 amide bonds. The molecule has 0 aliphatic carbocycles. The fourth-order valence-corrected chi connectivity index (χ4v) is 1.88. The normalized spacial score (nSPS) is 9.92. The van der Waals surface area contributed by atoms with E-state index in [4.69, 9.17) is 4.74 Å². The van der Waals surface area contributed by atoms with Crippen LogP contribution in [0, 0.1) is 0 Å². The molecule has 24 heavy (non-hydrogen) atoms. The van der Waals surface area contributed by atoms with Gasteiger partial charge in [-0.2, -0.15) is 0 Å². The minimum atomic E-state index is -0.588. The van der Waals surface area contributed by atoms with Gasteiger partial charge in [0.15, 0.2) is 0 Å². The van der Waals surface area contributed by atoms with E-state index < -0.39 is 17.8 Å². The molecule has 0 unspecified atom stereocenters. The highest BCUT2D eigenvalue weighted by atomic mass is 16.5. The molecule has 0 spiro atoms. The summed E-state index contributed by atoms with van der Waals surface area (Å²) in [6.07, 6.45) is 0. The molecule has 1 aromatic heterocycles. The first-order valence-corrected chi connectivity index (χ1v) is 7.19. The number of ether oxygens (including phenoxy) is 2. The highest BCUT2D eigenvalue weighted by Crippen LogP contribution is 2.12. The number of pyridine rings is 1. The van der Waals surface area contributed by atoms with Crippen LogP contribution in [-0.4, -0.2) is 36.5 Å². The van der Waals surface area contributed by atoms with Crippen LogP contribution in [0.1, 0.15) is 38.3 Å². The number of benzene rings is 1. The summed E-state index contributed by atoms with van der Waals surface area (Å²) in [5.41, 5.74) is 0.997. The van der Waals surface area contributed by atoms with Gasteiger partial charge in [0.1, 0.15) is 11.4 Å².